The summed E-state index contributed by atoms with van der Waals surface area (Å²) in [5.74, 6) is 1.11. The minimum atomic E-state index is 0.882. The molecule has 0 spiro atoms. The lowest BCUT2D eigenvalue weighted by Crippen LogP contribution is -1.86. The maximum absolute atomic E-state index is 4.12. The predicted molar refractivity (Wildman–Crippen MR) is 55.8 cm³/mol. The van der Waals surface area contributed by atoms with Crippen molar-refractivity contribution in [3.05, 3.63) is 18.5 Å². The van der Waals surface area contributed by atoms with Gasteiger partial charge in [0.25, 0.3) is 0 Å². The van der Waals surface area contributed by atoms with Crippen molar-refractivity contribution in [3.8, 4) is 0 Å². The highest BCUT2D eigenvalue weighted by molar-refractivity contribution is 9.09. The first-order chi connectivity index (χ1) is 5.93. The molecule has 0 radical (unpaired) electrons. The zero-order valence-electron chi connectivity index (χ0n) is 6.74. The Morgan fingerprint density at radius 2 is 2.00 bits per heavy atom. The van der Waals surface area contributed by atoms with E-state index < -0.39 is 0 Å². The van der Waals surface area contributed by atoms with Gasteiger partial charge in [0.05, 0.1) is 0 Å². The molecule has 0 fully saturated rings. The van der Waals surface area contributed by atoms with E-state index in [9.17, 15) is 0 Å². The molecule has 0 atom stereocenters. The number of thioether (sulfide) groups is 1. The summed E-state index contributed by atoms with van der Waals surface area (Å²) in [6.45, 7) is 0. The smallest absolute Gasteiger partial charge is 0.187 e. The summed E-state index contributed by atoms with van der Waals surface area (Å²) in [5, 5.41) is 1.97. The zero-order chi connectivity index (χ0) is 8.65. The molecule has 0 unspecified atom stereocenters. The van der Waals surface area contributed by atoms with Crippen LogP contribution in [0.3, 0.4) is 0 Å². The lowest BCUT2D eigenvalue weighted by Gasteiger charge is -1.96. The Morgan fingerprint density at radius 1 is 1.25 bits per heavy atom. The van der Waals surface area contributed by atoms with Crippen LogP contribution in [0.25, 0.3) is 0 Å². The van der Waals surface area contributed by atoms with Crippen LogP contribution in [-0.4, -0.2) is 21.1 Å². The van der Waals surface area contributed by atoms with Gasteiger partial charge in [-0.05, 0) is 18.9 Å². The van der Waals surface area contributed by atoms with E-state index in [1.165, 1.54) is 12.8 Å². The third-order valence-electron chi connectivity index (χ3n) is 1.30. The average molecular weight is 247 g/mol. The highest BCUT2D eigenvalue weighted by atomic mass is 79.9. The molecule has 12 heavy (non-hydrogen) atoms. The van der Waals surface area contributed by atoms with Gasteiger partial charge in [-0.1, -0.05) is 27.7 Å². The summed E-state index contributed by atoms with van der Waals surface area (Å²) in [4.78, 5) is 8.23. The van der Waals surface area contributed by atoms with Crippen LogP contribution in [0.15, 0.2) is 23.6 Å². The van der Waals surface area contributed by atoms with Gasteiger partial charge < -0.3 is 0 Å². The maximum Gasteiger partial charge on any atom is 0.187 e. The van der Waals surface area contributed by atoms with Crippen molar-refractivity contribution in [2.45, 2.75) is 18.0 Å². The van der Waals surface area contributed by atoms with E-state index in [1.54, 1.807) is 24.2 Å². The van der Waals surface area contributed by atoms with Crippen molar-refractivity contribution < 1.29 is 0 Å². The van der Waals surface area contributed by atoms with Gasteiger partial charge in [0.1, 0.15) is 0 Å². The number of hydrogen-bond donors (Lipinski definition) is 0. The van der Waals surface area contributed by atoms with E-state index in [0.29, 0.717) is 0 Å². The molecule has 1 aromatic rings. The van der Waals surface area contributed by atoms with Crippen LogP contribution < -0.4 is 0 Å². The highest BCUT2D eigenvalue weighted by Gasteiger charge is 1.94. The summed E-state index contributed by atoms with van der Waals surface area (Å²) in [6.07, 6.45) is 5.99. The summed E-state index contributed by atoms with van der Waals surface area (Å²) in [6, 6.07) is 1.84. The molecule has 4 heteroatoms. The largest absolute Gasteiger partial charge is 0.231 e. The van der Waals surface area contributed by atoms with Gasteiger partial charge >= 0.3 is 0 Å². The minimum Gasteiger partial charge on any atom is -0.231 e. The van der Waals surface area contributed by atoms with Gasteiger partial charge in [0, 0.05) is 23.5 Å². The molecular weight excluding hydrogens is 236 g/mol. The molecule has 0 amide bonds. The SMILES string of the molecule is BrCCCCSc1ncccn1. The van der Waals surface area contributed by atoms with Crippen LogP contribution >= 0.6 is 27.7 Å². The number of nitrogens with zero attached hydrogens (tertiary/aromatic N) is 2. The Labute approximate surface area is 85.3 Å². The topological polar surface area (TPSA) is 25.8 Å². The van der Waals surface area contributed by atoms with Gasteiger partial charge in [-0.2, -0.15) is 0 Å². The fraction of sp³-hybridized carbons (Fsp3) is 0.500. The average Bonchev–Trinajstić information content (AvgIpc) is 2.14. The summed E-state index contributed by atoms with van der Waals surface area (Å²) >= 11 is 5.11. The summed E-state index contributed by atoms with van der Waals surface area (Å²) in [5.41, 5.74) is 0. The van der Waals surface area contributed by atoms with E-state index in [2.05, 4.69) is 25.9 Å². The molecular formula is C8H11BrN2S. The zero-order valence-corrected chi connectivity index (χ0v) is 9.14. The van der Waals surface area contributed by atoms with E-state index in [4.69, 9.17) is 0 Å². The monoisotopic (exact) mass is 246 g/mol. The first kappa shape index (κ1) is 9.99. The lowest BCUT2D eigenvalue weighted by molar-refractivity contribution is 0.902. The third-order valence-corrected chi connectivity index (χ3v) is 2.82. The van der Waals surface area contributed by atoms with Gasteiger partial charge in [-0.15, -0.1) is 0 Å². The molecule has 0 aliphatic rings. The Balaban J connectivity index is 2.16. The Bertz CT molecular complexity index is 205. The van der Waals surface area contributed by atoms with E-state index in [1.807, 2.05) is 6.07 Å². The normalized spacial score (nSPS) is 10.1. The van der Waals surface area contributed by atoms with Crippen molar-refractivity contribution in [3.63, 3.8) is 0 Å². The van der Waals surface area contributed by atoms with Crippen LogP contribution in [0.4, 0.5) is 0 Å². The Kier molecular flexibility index (Phi) is 5.35. The Hall–Kier alpha value is -0.0900. The number of rotatable bonds is 5. The van der Waals surface area contributed by atoms with Gasteiger partial charge in [0.15, 0.2) is 5.16 Å². The van der Waals surface area contributed by atoms with Gasteiger partial charge in [-0.3, -0.25) is 0 Å². The van der Waals surface area contributed by atoms with Crippen molar-refractivity contribution in [2.75, 3.05) is 11.1 Å². The second-order valence-electron chi connectivity index (χ2n) is 2.28. The van der Waals surface area contributed by atoms with Crippen LogP contribution in [0.5, 0.6) is 0 Å². The maximum atomic E-state index is 4.12. The molecule has 0 aliphatic carbocycles. The molecule has 0 bridgehead atoms. The number of unbranched alkanes of at least 4 members (excludes halogenated alkanes) is 1. The van der Waals surface area contributed by atoms with Crippen LogP contribution in [0.1, 0.15) is 12.8 Å². The van der Waals surface area contributed by atoms with Crippen LogP contribution in [0, 0.1) is 0 Å². The third kappa shape index (κ3) is 4.07. The molecule has 0 N–H and O–H groups in total. The standard InChI is InChI=1S/C8H11BrN2S/c9-4-1-2-7-12-8-10-5-3-6-11-8/h3,5-6H,1-2,4,7H2. The van der Waals surface area contributed by atoms with Crippen LogP contribution in [-0.2, 0) is 0 Å². The quantitative estimate of drug-likeness (QED) is 0.346. The van der Waals surface area contributed by atoms with E-state index in [-0.39, 0.29) is 0 Å². The number of alkyl halides is 1. The fourth-order valence-electron chi connectivity index (χ4n) is 0.720. The second kappa shape index (κ2) is 6.43. The molecule has 0 saturated carbocycles. The molecule has 0 aromatic carbocycles. The first-order valence-corrected chi connectivity index (χ1v) is 6.00. The van der Waals surface area contributed by atoms with Crippen molar-refractivity contribution >= 4 is 27.7 Å². The predicted octanol–water partition coefficient (Wildman–Crippen LogP) is 2.74. The molecule has 0 saturated heterocycles. The number of halogens is 1. The second-order valence-corrected chi connectivity index (χ2v) is 4.13. The van der Waals surface area contributed by atoms with Gasteiger partial charge in [-0.25, -0.2) is 9.97 Å². The van der Waals surface area contributed by atoms with Gasteiger partial charge in [0.2, 0.25) is 0 Å². The van der Waals surface area contributed by atoms with Crippen LogP contribution in [0.2, 0.25) is 0 Å². The van der Waals surface area contributed by atoms with E-state index in [0.717, 1.165) is 16.2 Å². The highest BCUT2D eigenvalue weighted by Crippen LogP contribution is 2.13. The fourth-order valence-corrected chi connectivity index (χ4v) is 1.92. The van der Waals surface area contributed by atoms with Crippen molar-refractivity contribution in [1.29, 1.82) is 0 Å². The molecule has 1 rings (SSSR count). The number of hydrogen-bond acceptors (Lipinski definition) is 3. The summed E-state index contributed by atoms with van der Waals surface area (Å²) < 4.78 is 0. The van der Waals surface area contributed by atoms with Crippen molar-refractivity contribution in [1.82, 2.24) is 9.97 Å². The first-order valence-electron chi connectivity index (χ1n) is 3.89. The molecule has 0 aliphatic heterocycles. The molecule has 1 aromatic heterocycles. The number of aromatic nitrogens is 2. The minimum absolute atomic E-state index is 0.882. The Morgan fingerprint density at radius 3 is 2.67 bits per heavy atom. The summed E-state index contributed by atoms with van der Waals surface area (Å²) in [7, 11) is 0. The van der Waals surface area contributed by atoms with Crippen molar-refractivity contribution in [2.24, 2.45) is 0 Å². The molecule has 2 nitrogen and oxygen atoms in total. The lowest BCUT2D eigenvalue weighted by atomic mass is 10.4. The van der Waals surface area contributed by atoms with E-state index >= 15 is 0 Å². The molecule has 1 heterocycles. The molecule has 66 valence electrons.